The zero-order valence-electron chi connectivity index (χ0n) is 11.6. The minimum atomic E-state index is -0.838. The average Bonchev–Trinajstić information content (AvgIpc) is 3.16. The van der Waals surface area contributed by atoms with E-state index in [2.05, 4.69) is 21.2 Å². The second-order valence-corrected chi connectivity index (χ2v) is 7.11. The van der Waals surface area contributed by atoms with Crippen molar-refractivity contribution in [1.29, 1.82) is 0 Å². The maximum atomic E-state index is 12.3. The van der Waals surface area contributed by atoms with E-state index in [0.29, 0.717) is 0 Å². The smallest absolute Gasteiger partial charge is 0.305 e. The molecule has 1 aromatic carbocycles. The predicted molar refractivity (Wildman–Crippen MR) is 82.0 cm³/mol. The Kier molecular flexibility index (Phi) is 3.78. The molecule has 2 saturated carbocycles. The first-order valence-electron chi connectivity index (χ1n) is 7.28. The highest BCUT2D eigenvalue weighted by Gasteiger charge is 2.48. The zero-order chi connectivity index (χ0) is 15.0. The van der Waals surface area contributed by atoms with Gasteiger partial charge in [0.15, 0.2) is 0 Å². The van der Waals surface area contributed by atoms with E-state index in [1.807, 2.05) is 24.3 Å². The first-order valence-corrected chi connectivity index (χ1v) is 8.08. The van der Waals surface area contributed by atoms with Gasteiger partial charge in [0.05, 0.1) is 12.0 Å². The molecule has 1 amide bonds. The van der Waals surface area contributed by atoms with E-state index in [9.17, 15) is 9.59 Å². The molecule has 3 rings (SSSR count). The Morgan fingerprint density at radius 1 is 1.29 bits per heavy atom. The number of carboxylic acids is 1. The molecule has 2 fully saturated rings. The van der Waals surface area contributed by atoms with Crippen LogP contribution in [-0.2, 0) is 9.59 Å². The summed E-state index contributed by atoms with van der Waals surface area (Å²) in [4.78, 5) is 23.3. The van der Waals surface area contributed by atoms with Crippen LogP contribution in [0.2, 0.25) is 0 Å². The number of carboxylic acid groups (broad SMARTS) is 1. The molecule has 0 radical (unpaired) electrons. The number of amides is 1. The third-order valence-electron chi connectivity index (χ3n) is 4.61. The molecular formula is C16H18BrNO3. The van der Waals surface area contributed by atoms with Crippen LogP contribution in [0.1, 0.15) is 43.6 Å². The summed E-state index contributed by atoms with van der Waals surface area (Å²) in [5.74, 6) is -0.545. The van der Waals surface area contributed by atoms with Gasteiger partial charge in [0.2, 0.25) is 5.91 Å². The third-order valence-corrected chi connectivity index (χ3v) is 5.14. The number of hydrogen-bond donors (Lipinski definition) is 2. The van der Waals surface area contributed by atoms with Crippen LogP contribution >= 0.6 is 15.9 Å². The Hall–Kier alpha value is -1.36. The van der Waals surface area contributed by atoms with Crippen LogP contribution in [0.5, 0.6) is 0 Å². The van der Waals surface area contributed by atoms with Crippen molar-refractivity contribution >= 4 is 27.8 Å². The summed E-state index contributed by atoms with van der Waals surface area (Å²) in [5, 5.41) is 12.0. The van der Waals surface area contributed by atoms with Crippen LogP contribution in [0.4, 0.5) is 0 Å². The molecule has 21 heavy (non-hydrogen) atoms. The molecule has 0 saturated heterocycles. The Morgan fingerprint density at radius 2 is 1.95 bits per heavy atom. The lowest BCUT2D eigenvalue weighted by Gasteiger charge is -2.41. The van der Waals surface area contributed by atoms with Crippen LogP contribution < -0.4 is 5.32 Å². The molecule has 0 aromatic heterocycles. The topological polar surface area (TPSA) is 66.4 Å². The molecule has 0 heterocycles. The van der Waals surface area contributed by atoms with Gasteiger partial charge in [0, 0.05) is 10.4 Å². The van der Waals surface area contributed by atoms with E-state index < -0.39 is 11.5 Å². The van der Waals surface area contributed by atoms with E-state index in [-0.39, 0.29) is 24.2 Å². The second-order valence-electron chi connectivity index (χ2n) is 6.19. The summed E-state index contributed by atoms with van der Waals surface area (Å²) in [6.07, 6.45) is 3.45. The van der Waals surface area contributed by atoms with Gasteiger partial charge in [-0.25, -0.2) is 0 Å². The SMILES string of the molecule is O=C(O)CC1(NC(=O)C2CC2c2ccc(Br)cc2)CCC1. The Balaban J connectivity index is 1.60. The van der Waals surface area contributed by atoms with Crippen molar-refractivity contribution in [2.24, 2.45) is 5.92 Å². The van der Waals surface area contributed by atoms with Gasteiger partial charge in [-0.05, 0) is 49.3 Å². The number of carbonyl (C=O) groups is 2. The molecule has 2 aliphatic carbocycles. The van der Waals surface area contributed by atoms with E-state index in [4.69, 9.17) is 5.11 Å². The monoisotopic (exact) mass is 351 g/mol. The molecule has 112 valence electrons. The molecule has 2 atom stereocenters. The van der Waals surface area contributed by atoms with Gasteiger partial charge in [0.1, 0.15) is 0 Å². The summed E-state index contributed by atoms with van der Waals surface area (Å²) in [6.45, 7) is 0. The van der Waals surface area contributed by atoms with Crippen LogP contribution in [-0.4, -0.2) is 22.5 Å². The summed E-state index contributed by atoms with van der Waals surface area (Å²) in [7, 11) is 0. The van der Waals surface area contributed by atoms with Gasteiger partial charge in [-0.3, -0.25) is 9.59 Å². The van der Waals surface area contributed by atoms with Crippen LogP contribution in [0, 0.1) is 5.92 Å². The average molecular weight is 352 g/mol. The predicted octanol–water partition coefficient (Wildman–Crippen LogP) is 3.07. The number of aliphatic carboxylic acids is 1. The molecule has 0 aliphatic heterocycles. The van der Waals surface area contributed by atoms with Gasteiger partial charge in [0.25, 0.3) is 0 Å². The molecule has 0 spiro atoms. The van der Waals surface area contributed by atoms with Gasteiger partial charge in [-0.1, -0.05) is 28.1 Å². The van der Waals surface area contributed by atoms with Crippen molar-refractivity contribution in [2.75, 3.05) is 0 Å². The van der Waals surface area contributed by atoms with Crippen LogP contribution in [0.25, 0.3) is 0 Å². The van der Waals surface area contributed by atoms with Crippen LogP contribution in [0.3, 0.4) is 0 Å². The number of benzene rings is 1. The van der Waals surface area contributed by atoms with Crippen molar-refractivity contribution in [3.8, 4) is 0 Å². The lowest BCUT2D eigenvalue weighted by molar-refractivity contribution is -0.140. The molecule has 0 bridgehead atoms. The van der Waals surface area contributed by atoms with Crippen molar-refractivity contribution in [1.82, 2.24) is 5.32 Å². The Labute approximate surface area is 132 Å². The highest BCUT2D eigenvalue weighted by molar-refractivity contribution is 9.10. The largest absolute Gasteiger partial charge is 0.481 e. The molecular weight excluding hydrogens is 334 g/mol. The highest BCUT2D eigenvalue weighted by Crippen LogP contribution is 2.48. The summed E-state index contributed by atoms with van der Waals surface area (Å²) in [6, 6.07) is 8.05. The standard InChI is InChI=1S/C16H18BrNO3/c17-11-4-2-10(3-5-11)12-8-13(12)15(21)18-16(6-1-7-16)9-14(19)20/h2-5,12-13H,1,6-9H2,(H,18,21)(H,19,20). The summed E-state index contributed by atoms with van der Waals surface area (Å²) < 4.78 is 1.03. The molecule has 1 aromatic rings. The van der Waals surface area contributed by atoms with E-state index in [1.165, 1.54) is 5.56 Å². The van der Waals surface area contributed by atoms with Gasteiger partial charge in [-0.15, -0.1) is 0 Å². The molecule has 2 N–H and O–H groups in total. The maximum absolute atomic E-state index is 12.3. The van der Waals surface area contributed by atoms with Gasteiger partial charge >= 0.3 is 5.97 Å². The van der Waals surface area contributed by atoms with Gasteiger partial charge in [-0.2, -0.15) is 0 Å². The second kappa shape index (κ2) is 5.44. The molecule has 4 nitrogen and oxygen atoms in total. The first kappa shape index (κ1) is 14.6. The number of nitrogens with one attached hydrogen (secondary N) is 1. The minimum Gasteiger partial charge on any atom is -0.481 e. The van der Waals surface area contributed by atoms with Crippen molar-refractivity contribution < 1.29 is 14.7 Å². The fourth-order valence-electron chi connectivity index (χ4n) is 3.16. The van der Waals surface area contributed by atoms with Crippen molar-refractivity contribution in [3.63, 3.8) is 0 Å². The van der Waals surface area contributed by atoms with Crippen LogP contribution in [0.15, 0.2) is 28.7 Å². The van der Waals surface area contributed by atoms with E-state index in [0.717, 1.165) is 30.2 Å². The lowest BCUT2D eigenvalue weighted by Crippen LogP contribution is -2.55. The first-order chi connectivity index (χ1) is 9.99. The van der Waals surface area contributed by atoms with Gasteiger partial charge < -0.3 is 10.4 Å². The number of carbonyl (C=O) groups excluding carboxylic acids is 1. The fraction of sp³-hybridized carbons (Fsp3) is 0.500. The highest BCUT2D eigenvalue weighted by atomic mass is 79.9. The normalized spacial score (nSPS) is 25.8. The minimum absolute atomic E-state index is 0.00237. The molecule has 2 aliphatic rings. The molecule has 5 heteroatoms. The van der Waals surface area contributed by atoms with Crippen molar-refractivity contribution in [3.05, 3.63) is 34.3 Å². The Morgan fingerprint density at radius 3 is 2.48 bits per heavy atom. The fourth-order valence-corrected chi connectivity index (χ4v) is 3.42. The summed E-state index contributed by atoms with van der Waals surface area (Å²) >= 11 is 3.40. The zero-order valence-corrected chi connectivity index (χ0v) is 13.2. The van der Waals surface area contributed by atoms with E-state index >= 15 is 0 Å². The Bertz CT molecular complexity index is 565. The van der Waals surface area contributed by atoms with E-state index in [1.54, 1.807) is 0 Å². The van der Waals surface area contributed by atoms with Crippen molar-refractivity contribution in [2.45, 2.75) is 43.6 Å². The lowest BCUT2D eigenvalue weighted by atomic mass is 9.74. The summed E-state index contributed by atoms with van der Waals surface area (Å²) in [5.41, 5.74) is 0.690. The molecule has 2 unspecified atom stereocenters. The number of halogens is 1. The number of rotatable bonds is 5. The maximum Gasteiger partial charge on any atom is 0.305 e. The third kappa shape index (κ3) is 3.12. The number of hydrogen-bond acceptors (Lipinski definition) is 2. The quantitative estimate of drug-likeness (QED) is 0.856.